The Morgan fingerprint density at radius 1 is 1.06 bits per heavy atom. The van der Waals surface area contributed by atoms with Crippen molar-refractivity contribution in [1.29, 1.82) is 5.41 Å². The van der Waals surface area contributed by atoms with E-state index in [2.05, 4.69) is 10.6 Å². The van der Waals surface area contributed by atoms with E-state index in [0.29, 0.717) is 28.6 Å². The van der Waals surface area contributed by atoms with E-state index in [-0.39, 0.29) is 19.2 Å². The predicted octanol–water partition coefficient (Wildman–Crippen LogP) is 3.03. The summed E-state index contributed by atoms with van der Waals surface area (Å²) in [4.78, 5) is 21.1. The second-order valence-corrected chi connectivity index (χ2v) is 7.15. The van der Waals surface area contributed by atoms with Gasteiger partial charge >= 0.3 is 0 Å². The first-order valence-corrected chi connectivity index (χ1v) is 10.2. The molecular formula is C24H23N7O2. The summed E-state index contributed by atoms with van der Waals surface area (Å²) < 4.78 is 5.56. The van der Waals surface area contributed by atoms with E-state index in [4.69, 9.17) is 31.6 Å². The fourth-order valence-corrected chi connectivity index (χ4v) is 3.25. The van der Waals surface area contributed by atoms with Gasteiger partial charge in [0.15, 0.2) is 12.4 Å². The summed E-state index contributed by atoms with van der Waals surface area (Å²) in [5, 5.41) is 14.2. The predicted molar refractivity (Wildman–Crippen MR) is 130 cm³/mol. The molecule has 33 heavy (non-hydrogen) atoms. The molecule has 3 aromatic carbocycles. The van der Waals surface area contributed by atoms with Gasteiger partial charge in [0.1, 0.15) is 11.6 Å². The van der Waals surface area contributed by atoms with Crippen molar-refractivity contribution < 1.29 is 9.53 Å². The summed E-state index contributed by atoms with van der Waals surface area (Å²) in [5.74, 6) is 1.32. The molecule has 0 saturated carbocycles. The van der Waals surface area contributed by atoms with E-state index in [1.165, 1.54) is 6.21 Å². The number of nitrogens with two attached hydrogens (primary N) is 2. The van der Waals surface area contributed by atoms with Crippen molar-refractivity contribution in [2.75, 3.05) is 24.3 Å². The van der Waals surface area contributed by atoms with Crippen LogP contribution in [0.15, 0.2) is 66.7 Å². The summed E-state index contributed by atoms with van der Waals surface area (Å²) in [7, 11) is 0. The van der Waals surface area contributed by atoms with Crippen LogP contribution in [0, 0.1) is 5.41 Å². The summed E-state index contributed by atoms with van der Waals surface area (Å²) in [5.41, 5.74) is 14.6. The molecule has 4 aromatic rings. The molecule has 1 heterocycles. The lowest BCUT2D eigenvalue weighted by Gasteiger charge is -2.13. The van der Waals surface area contributed by atoms with Gasteiger partial charge in [0.2, 0.25) is 0 Å². The Labute approximate surface area is 190 Å². The number of benzene rings is 3. The Bertz CT molecular complexity index is 1320. The third kappa shape index (κ3) is 5.05. The normalized spacial score (nSPS) is 10.6. The Hall–Kier alpha value is -4.50. The zero-order valence-electron chi connectivity index (χ0n) is 17.7. The van der Waals surface area contributed by atoms with Gasteiger partial charge in [-0.2, -0.15) is 0 Å². The summed E-state index contributed by atoms with van der Waals surface area (Å²) in [6, 6.07) is 20.3. The lowest BCUT2D eigenvalue weighted by molar-refractivity contribution is -0.123. The molecule has 0 bridgehead atoms. The number of nitrogen functional groups attached to an aromatic ring is 1. The third-order valence-electron chi connectivity index (χ3n) is 4.87. The van der Waals surface area contributed by atoms with Crippen molar-refractivity contribution in [3.8, 4) is 17.1 Å². The second-order valence-electron chi connectivity index (χ2n) is 7.15. The van der Waals surface area contributed by atoms with E-state index in [1.54, 1.807) is 24.3 Å². The first kappa shape index (κ1) is 21.7. The molecule has 0 radical (unpaired) electrons. The van der Waals surface area contributed by atoms with E-state index in [9.17, 15) is 4.79 Å². The smallest absolute Gasteiger partial charge is 0.258 e. The van der Waals surface area contributed by atoms with Crippen LogP contribution in [0.1, 0.15) is 5.56 Å². The van der Waals surface area contributed by atoms with Crippen LogP contribution in [0.3, 0.4) is 0 Å². The third-order valence-corrected chi connectivity index (χ3v) is 4.87. The number of ether oxygens (including phenoxy) is 1. The molecule has 0 aliphatic carbocycles. The van der Waals surface area contributed by atoms with Crippen LogP contribution in [-0.4, -0.2) is 35.4 Å². The Morgan fingerprint density at radius 3 is 2.73 bits per heavy atom. The molecule has 1 aromatic heterocycles. The van der Waals surface area contributed by atoms with Crippen LogP contribution in [-0.2, 0) is 4.79 Å². The molecule has 4 rings (SSSR count). The fourth-order valence-electron chi connectivity index (χ4n) is 3.25. The molecule has 0 atom stereocenters. The number of amides is 1. The average Bonchev–Trinajstić information content (AvgIpc) is 2.84. The molecule has 0 aliphatic heterocycles. The van der Waals surface area contributed by atoms with Crippen LogP contribution < -0.4 is 26.8 Å². The van der Waals surface area contributed by atoms with Crippen LogP contribution >= 0.6 is 0 Å². The van der Waals surface area contributed by atoms with Crippen molar-refractivity contribution in [1.82, 2.24) is 15.3 Å². The van der Waals surface area contributed by atoms with Crippen LogP contribution in [0.25, 0.3) is 22.3 Å². The molecule has 9 heteroatoms. The molecule has 0 fully saturated rings. The van der Waals surface area contributed by atoms with Crippen molar-refractivity contribution >= 4 is 40.2 Å². The number of nitrogens with one attached hydrogen (secondary N) is 3. The van der Waals surface area contributed by atoms with Crippen LogP contribution in [0.4, 0.5) is 17.2 Å². The average molecular weight is 441 g/mol. The highest BCUT2D eigenvalue weighted by Crippen LogP contribution is 2.29. The molecule has 9 nitrogen and oxygen atoms in total. The second kappa shape index (κ2) is 9.75. The SMILES string of the molecule is N=Cc1cc(Nc2nc(-c3cccc(OCC(=O)NCN)c3)nc3ccccc23)ccc1N. The highest BCUT2D eigenvalue weighted by atomic mass is 16.5. The van der Waals surface area contributed by atoms with Gasteiger partial charge in [0.05, 0.1) is 12.2 Å². The standard InChI is InChI=1S/C24H23N7O2/c25-12-16-10-17(8-9-20(16)27)29-24-19-6-1-2-7-21(19)30-23(31-24)15-4-3-5-18(11-15)33-13-22(32)28-14-26/h1-12,25H,13-14,26-27H2,(H,28,32)(H,29,30,31). The topological polar surface area (TPSA) is 152 Å². The molecule has 0 aliphatic rings. The Balaban J connectivity index is 1.69. The zero-order chi connectivity index (χ0) is 23.2. The number of rotatable bonds is 8. The van der Waals surface area contributed by atoms with Gasteiger partial charge in [0, 0.05) is 34.1 Å². The van der Waals surface area contributed by atoms with Crippen molar-refractivity contribution in [3.05, 3.63) is 72.3 Å². The number of hydrogen-bond donors (Lipinski definition) is 5. The molecule has 7 N–H and O–H groups in total. The van der Waals surface area contributed by atoms with Gasteiger partial charge in [-0.05, 0) is 42.5 Å². The van der Waals surface area contributed by atoms with E-state index in [1.807, 2.05) is 42.5 Å². The minimum atomic E-state index is -0.302. The number of aromatic nitrogens is 2. The van der Waals surface area contributed by atoms with E-state index < -0.39 is 0 Å². The zero-order valence-corrected chi connectivity index (χ0v) is 17.7. The minimum absolute atomic E-state index is 0.0538. The highest BCUT2D eigenvalue weighted by Gasteiger charge is 2.11. The summed E-state index contributed by atoms with van der Waals surface area (Å²) in [6.45, 7) is -0.0865. The lowest BCUT2D eigenvalue weighted by Crippen LogP contribution is -2.33. The van der Waals surface area contributed by atoms with Crippen molar-refractivity contribution in [2.24, 2.45) is 5.73 Å². The number of anilines is 3. The molecule has 0 spiro atoms. The number of fused-ring (bicyclic) bond motifs is 1. The minimum Gasteiger partial charge on any atom is -0.484 e. The summed E-state index contributed by atoms with van der Waals surface area (Å²) in [6.07, 6.45) is 1.21. The van der Waals surface area contributed by atoms with E-state index >= 15 is 0 Å². The number of carbonyl (C=O) groups excluding carboxylic acids is 1. The largest absolute Gasteiger partial charge is 0.484 e. The van der Waals surface area contributed by atoms with Gasteiger partial charge in [0.25, 0.3) is 5.91 Å². The van der Waals surface area contributed by atoms with Gasteiger partial charge < -0.3 is 32.2 Å². The Kier molecular flexibility index (Phi) is 6.42. The molecule has 0 unspecified atom stereocenters. The molecule has 1 amide bonds. The number of hydrogen-bond acceptors (Lipinski definition) is 8. The molecule has 0 saturated heterocycles. The quantitative estimate of drug-likeness (QED) is 0.160. The lowest BCUT2D eigenvalue weighted by atomic mass is 10.1. The maximum absolute atomic E-state index is 11.6. The maximum atomic E-state index is 11.6. The molecule has 166 valence electrons. The van der Waals surface area contributed by atoms with Gasteiger partial charge in [-0.15, -0.1) is 0 Å². The Morgan fingerprint density at radius 2 is 1.91 bits per heavy atom. The van der Waals surface area contributed by atoms with Gasteiger partial charge in [-0.3, -0.25) is 4.79 Å². The number of carbonyl (C=O) groups is 1. The van der Waals surface area contributed by atoms with Gasteiger partial charge in [-0.1, -0.05) is 24.3 Å². The molecular weight excluding hydrogens is 418 g/mol. The van der Waals surface area contributed by atoms with Crippen molar-refractivity contribution in [2.45, 2.75) is 0 Å². The summed E-state index contributed by atoms with van der Waals surface area (Å²) >= 11 is 0. The fraction of sp³-hybridized carbons (Fsp3) is 0.0833. The van der Waals surface area contributed by atoms with Crippen LogP contribution in [0.2, 0.25) is 0 Å². The highest BCUT2D eigenvalue weighted by molar-refractivity contribution is 5.93. The number of para-hydroxylation sites is 1. The monoisotopic (exact) mass is 441 g/mol. The first-order valence-electron chi connectivity index (χ1n) is 10.2. The van der Waals surface area contributed by atoms with Gasteiger partial charge in [-0.25, -0.2) is 9.97 Å². The van der Waals surface area contributed by atoms with Crippen LogP contribution in [0.5, 0.6) is 5.75 Å². The maximum Gasteiger partial charge on any atom is 0.258 e. The number of nitrogens with zero attached hydrogens (tertiary/aromatic N) is 2. The van der Waals surface area contributed by atoms with Crippen molar-refractivity contribution in [3.63, 3.8) is 0 Å². The first-order chi connectivity index (χ1) is 16.1. The van der Waals surface area contributed by atoms with E-state index in [0.717, 1.165) is 22.2 Å².